The highest BCUT2D eigenvalue weighted by Crippen LogP contribution is 2.66. The molecule has 4 aliphatic carbocycles. The summed E-state index contributed by atoms with van der Waals surface area (Å²) in [6, 6.07) is 0.558. The Bertz CT molecular complexity index is 319. The standard InChI is InChI=1S/C17H29N/c1-4-6-18-15(5-2)17-10-13-7-14(11-17)9-16(3,8-13)12-17/h5,13-15,18H,2,4,6-12H2,1,3H3. The van der Waals surface area contributed by atoms with Crippen LogP contribution in [0.5, 0.6) is 0 Å². The van der Waals surface area contributed by atoms with E-state index >= 15 is 0 Å². The zero-order valence-corrected chi connectivity index (χ0v) is 12.2. The van der Waals surface area contributed by atoms with Gasteiger partial charge in [-0.3, -0.25) is 0 Å². The predicted octanol–water partition coefficient (Wildman–Crippen LogP) is 4.15. The maximum Gasteiger partial charge on any atom is 0.0304 e. The second-order valence-electron chi connectivity index (χ2n) is 7.80. The highest BCUT2D eigenvalue weighted by Gasteiger charge is 2.57. The molecule has 4 rings (SSSR count). The molecule has 3 atom stereocenters. The minimum Gasteiger partial charge on any atom is -0.310 e. The Morgan fingerprint density at radius 3 is 2.44 bits per heavy atom. The lowest BCUT2D eigenvalue weighted by atomic mass is 9.43. The van der Waals surface area contributed by atoms with Crippen molar-refractivity contribution >= 4 is 0 Å². The Hall–Kier alpha value is -0.300. The first kappa shape index (κ1) is 12.7. The molecule has 3 unspecified atom stereocenters. The van der Waals surface area contributed by atoms with Crippen molar-refractivity contribution in [2.45, 2.75) is 64.8 Å². The molecular weight excluding hydrogens is 218 g/mol. The first-order valence-electron chi connectivity index (χ1n) is 7.95. The van der Waals surface area contributed by atoms with E-state index in [1.807, 2.05) is 0 Å². The van der Waals surface area contributed by atoms with Gasteiger partial charge in [-0.25, -0.2) is 0 Å². The van der Waals surface area contributed by atoms with Crippen molar-refractivity contribution in [2.24, 2.45) is 22.7 Å². The van der Waals surface area contributed by atoms with Gasteiger partial charge in [-0.15, -0.1) is 6.58 Å². The second kappa shape index (κ2) is 4.37. The molecule has 0 aromatic carbocycles. The minimum atomic E-state index is 0.551. The molecule has 0 spiro atoms. The van der Waals surface area contributed by atoms with Crippen molar-refractivity contribution in [2.75, 3.05) is 6.54 Å². The van der Waals surface area contributed by atoms with Gasteiger partial charge in [0.05, 0.1) is 0 Å². The van der Waals surface area contributed by atoms with E-state index in [2.05, 4.69) is 31.8 Å². The molecule has 0 radical (unpaired) electrons. The van der Waals surface area contributed by atoms with Crippen LogP contribution in [0.1, 0.15) is 58.8 Å². The van der Waals surface area contributed by atoms with Crippen LogP contribution in [0, 0.1) is 22.7 Å². The van der Waals surface area contributed by atoms with Gasteiger partial charge in [-0.05, 0) is 74.2 Å². The lowest BCUT2D eigenvalue weighted by Crippen LogP contribution is -2.58. The summed E-state index contributed by atoms with van der Waals surface area (Å²) in [5.41, 5.74) is 1.20. The van der Waals surface area contributed by atoms with Crippen LogP contribution in [0.25, 0.3) is 0 Å². The zero-order chi connectivity index (χ0) is 12.8. The number of hydrogen-bond acceptors (Lipinski definition) is 1. The van der Waals surface area contributed by atoms with Crippen molar-refractivity contribution in [3.8, 4) is 0 Å². The predicted molar refractivity (Wildman–Crippen MR) is 77.5 cm³/mol. The lowest BCUT2D eigenvalue weighted by molar-refractivity contribution is -0.111. The molecule has 4 aliphatic rings. The first-order valence-corrected chi connectivity index (χ1v) is 7.95. The van der Waals surface area contributed by atoms with Crippen molar-refractivity contribution in [1.82, 2.24) is 5.32 Å². The summed E-state index contributed by atoms with van der Waals surface area (Å²) in [4.78, 5) is 0. The van der Waals surface area contributed by atoms with Crippen molar-refractivity contribution in [3.63, 3.8) is 0 Å². The smallest absolute Gasteiger partial charge is 0.0304 e. The van der Waals surface area contributed by atoms with Gasteiger partial charge < -0.3 is 5.32 Å². The normalized spacial score (nSPS) is 47.2. The Labute approximate surface area is 112 Å². The van der Waals surface area contributed by atoms with Gasteiger partial charge >= 0.3 is 0 Å². The molecule has 1 N–H and O–H groups in total. The van der Waals surface area contributed by atoms with Crippen LogP contribution >= 0.6 is 0 Å². The molecule has 0 aromatic rings. The summed E-state index contributed by atoms with van der Waals surface area (Å²) in [6.45, 7) is 10.1. The molecule has 4 bridgehead atoms. The van der Waals surface area contributed by atoms with E-state index in [1.165, 1.54) is 44.9 Å². The summed E-state index contributed by atoms with van der Waals surface area (Å²) in [6.07, 6.45) is 12.3. The average Bonchev–Trinajstić information content (AvgIpc) is 2.26. The Balaban J connectivity index is 1.83. The molecule has 0 heterocycles. The summed E-state index contributed by atoms with van der Waals surface area (Å²) in [7, 11) is 0. The highest BCUT2D eigenvalue weighted by atomic mass is 14.9. The third-order valence-corrected chi connectivity index (χ3v) is 5.91. The second-order valence-corrected chi connectivity index (χ2v) is 7.80. The Morgan fingerprint density at radius 2 is 1.94 bits per heavy atom. The van der Waals surface area contributed by atoms with Crippen LogP contribution in [0.4, 0.5) is 0 Å². The van der Waals surface area contributed by atoms with Gasteiger partial charge in [-0.1, -0.05) is 19.9 Å². The monoisotopic (exact) mass is 247 g/mol. The van der Waals surface area contributed by atoms with E-state index in [-0.39, 0.29) is 0 Å². The molecule has 102 valence electrons. The lowest BCUT2D eigenvalue weighted by Gasteiger charge is -2.63. The van der Waals surface area contributed by atoms with Crippen LogP contribution in [0.2, 0.25) is 0 Å². The molecule has 0 aliphatic heterocycles. The molecular formula is C17H29N. The highest BCUT2D eigenvalue weighted by molar-refractivity contribution is 5.13. The first-order chi connectivity index (χ1) is 8.59. The quantitative estimate of drug-likeness (QED) is 0.720. The summed E-state index contributed by atoms with van der Waals surface area (Å²) in [5, 5.41) is 3.78. The van der Waals surface area contributed by atoms with Crippen molar-refractivity contribution in [3.05, 3.63) is 12.7 Å². The van der Waals surface area contributed by atoms with E-state index in [0.29, 0.717) is 16.9 Å². The molecule has 18 heavy (non-hydrogen) atoms. The summed E-state index contributed by atoms with van der Waals surface area (Å²) in [5.74, 6) is 2.03. The SMILES string of the molecule is C=CC(NCCC)C12CC3CC(CC(C)(C3)C1)C2. The Kier molecular flexibility index (Phi) is 3.09. The fourth-order valence-corrected chi connectivity index (χ4v) is 6.01. The molecule has 0 amide bonds. The van der Waals surface area contributed by atoms with Crippen LogP contribution in [0.15, 0.2) is 12.7 Å². The van der Waals surface area contributed by atoms with E-state index in [9.17, 15) is 0 Å². The number of rotatable bonds is 5. The third-order valence-electron chi connectivity index (χ3n) is 5.91. The zero-order valence-electron chi connectivity index (χ0n) is 12.2. The Morgan fingerprint density at radius 1 is 1.28 bits per heavy atom. The van der Waals surface area contributed by atoms with Crippen molar-refractivity contribution in [1.29, 1.82) is 0 Å². The maximum atomic E-state index is 4.13. The average molecular weight is 247 g/mol. The van der Waals surface area contributed by atoms with Gasteiger partial charge in [0.15, 0.2) is 0 Å². The molecule has 0 saturated heterocycles. The summed E-state index contributed by atoms with van der Waals surface area (Å²) < 4.78 is 0. The fourth-order valence-electron chi connectivity index (χ4n) is 6.01. The van der Waals surface area contributed by atoms with Gasteiger partial charge in [0.25, 0.3) is 0 Å². The molecule has 4 fully saturated rings. The van der Waals surface area contributed by atoms with Crippen molar-refractivity contribution < 1.29 is 0 Å². The van der Waals surface area contributed by atoms with Gasteiger partial charge in [0, 0.05) is 6.04 Å². The van der Waals surface area contributed by atoms with E-state index < -0.39 is 0 Å². The molecule has 1 heteroatoms. The van der Waals surface area contributed by atoms with Crippen LogP contribution in [-0.2, 0) is 0 Å². The molecule has 1 nitrogen and oxygen atoms in total. The topological polar surface area (TPSA) is 12.0 Å². The van der Waals surface area contributed by atoms with Crippen LogP contribution < -0.4 is 5.32 Å². The van der Waals surface area contributed by atoms with Gasteiger partial charge in [0.2, 0.25) is 0 Å². The minimum absolute atomic E-state index is 0.551. The summed E-state index contributed by atoms with van der Waals surface area (Å²) >= 11 is 0. The van der Waals surface area contributed by atoms with Gasteiger partial charge in [0.1, 0.15) is 0 Å². The molecule has 4 saturated carbocycles. The maximum absolute atomic E-state index is 4.13. The van der Waals surface area contributed by atoms with Crippen LogP contribution in [0.3, 0.4) is 0 Å². The fraction of sp³-hybridized carbons (Fsp3) is 0.882. The van der Waals surface area contributed by atoms with E-state index in [4.69, 9.17) is 0 Å². The van der Waals surface area contributed by atoms with E-state index in [1.54, 1.807) is 0 Å². The third kappa shape index (κ3) is 1.95. The largest absolute Gasteiger partial charge is 0.310 e. The number of nitrogens with one attached hydrogen (secondary N) is 1. The van der Waals surface area contributed by atoms with Gasteiger partial charge in [-0.2, -0.15) is 0 Å². The van der Waals surface area contributed by atoms with E-state index in [0.717, 1.165) is 18.4 Å². The molecule has 0 aromatic heterocycles. The van der Waals surface area contributed by atoms with Crippen LogP contribution in [-0.4, -0.2) is 12.6 Å². The number of hydrogen-bond donors (Lipinski definition) is 1.